The molecule has 0 aliphatic carbocycles. The molecule has 24 heavy (non-hydrogen) atoms. The number of methoxy groups -OCH3 is 1. The second-order valence-corrected chi connectivity index (χ2v) is 5.90. The molecule has 0 bridgehead atoms. The number of amides is 1. The van der Waals surface area contributed by atoms with Gasteiger partial charge >= 0.3 is 0 Å². The smallest absolute Gasteiger partial charge is 0.225 e. The van der Waals surface area contributed by atoms with Crippen LogP contribution in [0.15, 0.2) is 28.8 Å². The molecule has 0 spiro atoms. The number of carbonyl (C=O) groups is 1. The lowest BCUT2D eigenvalue weighted by atomic mass is 9.97. The first-order valence-electron chi connectivity index (χ1n) is 8.13. The summed E-state index contributed by atoms with van der Waals surface area (Å²) >= 11 is 0. The van der Waals surface area contributed by atoms with E-state index in [1.165, 1.54) is 0 Å². The Bertz CT molecular complexity index is 695. The summed E-state index contributed by atoms with van der Waals surface area (Å²) in [7, 11) is 1.60. The predicted molar refractivity (Wildman–Crippen MR) is 87.6 cm³/mol. The van der Waals surface area contributed by atoms with Gasteiger partial charge in [0.15, 0.2) is 5.82 Å². The largest absolute Gasteiger partial charge is 0.496 e. The molecule has 1 aromatic heterocycles. The van der Waals surface area contributed by atoms with E-state index in [-0.39, 0.29) is 11.8 Å². The molecule has 0 radical (unpaired) electrons. The molecule has 3 rings (SSSR count). The summed E-state index contributed by atoms with van der Waals surface area (Å²) in [6.07, 6.45) is 1.88. The van der Waals surface area contributed by atoms with Gasteiger partial charge in [-0.2, -0.15) is 4.98 Å². The van der Waals surface area contributed by atoms with Gasteiger partial charge in [-0.3, -0.25) is 4.79 Å². The van der Waals surface area contributed by atoms with E-state index in [1.54, 1.807) is 14.0 Å². The molecule has 1 fully saturated rings. The van der Waals surface area contributed by atoms with Crippen LogP contribution in [0.1, 0.15) is 36.2 Å². The third-order valence-corrected chi connectivity index (χ3v) is 4.21. The van der Waals surface area contributed by atoms with Gasteiger partial charge in [0.25, 0.3) is 0 Å². The van der Waals surface area contributed by atoms with Crippen molar-refractivity contribution in [3.8, 4) is 5.75 Å². The number of piperidine rings is 1. The van der Waals surface area contributed by atoms with Crippen molar-refractivity contribution in [1.82, 2.24) is 20.8 Å². The predicted octanol–water partition coefficient (Wildman–Crippen LogP) is 1.59. The Hall–Kier alpha value is -2.41. The zero-order valence-corrected chi connectivity index (χ0v) is 13.9. The highest BCUT2D eigenvalue weighted by molar-refractivity contribution is 5.80. The zero-order chi connectivity index (χ0) is 16.9. The molecule has 2 N–H and O–H groups in total. The molecule has 7 nitrogen and oxygen atoms in total. The molecule has 1 aliphatic rings. The number of rotatable bonds is 5. The fraction of sp³-hybridized carbons (Fsp3) is 0.471. The van der Waals surface area contributed by atoms with E-state index < -0.39 is 6.04 Å². The molecule has 128 valence electrons. The van der Waals surface area contributed by atoms with Crippen molar-refractivity contribution in [1.29, 1.82) is 0 Å². The van der Waals surface area contributed by atoms with Crippen molar-refractivity contribution in [2.75, 3.05) is 20.2 Å². The third-order valence-electron chi connectivity index (χ3n) is 4.21. The average Bonchev–Trinajstić information content (AvgIpc) is 3.06. The number of benzene rings is 1. The van der Waals surface area contributed by atoms with Gasteiger partial charge < -0.3 is 19.9 Å². The maximum Gasteiger partial charge on any atom is 0.225 e. The quantitative estimate of drug-likeness (QED) is 0.865. The zero-order valence-electron chi connectivity index (χ0n) is 13.9. The van der Waals surface area contributed by atoms with Crippen LogP contribution < -0.4 is 15.4 Å². The Balaban J connectivity index is 1.89. The second kappa shape index (κ2) is 7.44. The molecule has 1 aromatic carbocycles. The molecule has 2 aromatic rings. The topological polar surface area (TPSA) is 89.3 Å². The Labute approximate surface area is 140 Å². The lowest BCUT2D eigenvalue weighted by Crippen LogP contribution is -2.42. The number of nitrogens with zero attached hydrogens (tertiary/aromatic N) is 2. The SMILES string of the molecule is COc1ccccc1[C@@H](NC(=O)[C@H]1CCCNC1)c1noc(C)n1. The van der Waals surface area contributed by atoms with Gasteiger partial charge in [0.2, 0.25) is 11.8 Å². The first kappa shape index (κ1) is 16.4. The molecule has 0 unspecified atom stereocenters. The van der Waals surface area contributed by atoms with Gasteiger partial charge in [0, 0.05) is 19.0 Å². The monoisotopic (exact) mass is 330 g/mol. The number of aromatic nitrogens is 2. The summed E-state index contributed by atoms with van der Waals surface area (Å²) in [6, 6.07) is 7.02. The van der Waals surface area contributed by atoms with Crippen LogP contribution in [0, 0.1) is 12.8 Å². The van der Waals surface area contributed by atoms with E-state index in [4.69, 9.17) is 9.26 Å². The van der Waals surface area contributed by atoms with Crippen LogP contribution in [0.2, 0.25) is 0 Å². The van der Waals surface area contributed by atoms with Gasteiger partial charge in [-0.25, -0.2) is 0 Å². The van der Waals surface area contributed by atoms with E-state index in [1.807, 2.05) is 24.3 Å². The molecule has 0 saturated carbocycles. The molecule has 1 amide bonds. The number of ether oxygens (including phenoxy) is 1. The highest BCUT2D eigenvalue weighted by Gasteiger charge is 2.28. The van der Waals surface area contributed by atoms with Crippen LogP contribution in [-0.4, -0.2) is 36.2 Å². The van der Waals surface area contributed by atoms with Gasteiger partial charge in [0.05, 0.1) is 13.0 Å². The Morgan fingerprint density at radius 2 is 2.29 bits per heavy atom. The molecule has 2 atom stereocenters. The fourth-order valence-corrected chi connectivity index (χ4v) is 2.95. The Morgan fingerprint density at radius 3 is 2.96 bits per heavy atom. The molecule has 1 saturated heterocycles. The minimum Gasteiger partial charge on any atom is -0.496 e. The van der Waals surface area contributed by atoms with Gasteiger partial charge in [-0.05, 0) is 25.5 Å². The average molecular weight is 330 g/mol. The number of hydrogen-bond donors (Lipinski definition) is 2. The minimum atomic E-state index is -0.506. The molecule has 1 aliphatic heterocycles. The summed E-state index contributed by atoms with van der Waals surface area (Å²) in [5, 5.41) is 10.3. The van der Waals surface area contributed by atoms with Crippen molar-refractivity contribution in [2.24, 2.45) is 5.92 Å². The van der Waals surface area contributed by atoms with Crippen molar-refractivity contribution in [3.05, 3.63) is 41.5 Å². The van der Waals surface area contributed by atoms with Crippen LogP contribution in [0.4, 0.5) is 0 Å². The van der Waals surface area contributed by atoms with Crippen LogP contribution in [0.5, 0.6) is 5.75 Å². The summed E-state index contributed by atoms with van der Waals surface area (Å²) in [6.45, 7) is 3.38. The number of hydrogen-bond acceptors (Lipinski definition) is 6. The van der Waals surface area contributed by atoms with Crippen molar-refractivity contribution in [3.63, 3.8) is 0 Å². The van der Waals surface area contributed by atoms with Crippen LogP contribution >= 0.6 is 0 Å². The van der Waals surface area contributed by atoms with Crippen molar-refractivity contribution >= 4 is 5.91 Å². The minimum absolute atomic E-state index is 0.0134. The summed E-state index contributed by atoms with van der Waals surface area (Å²) in [5.41, 5.74) is 0.804. The molecule has 2 heterocycles. The summed E-state index contributed by atoms with van der Waals surface area (Å²) < 4.78 is 10.5. The number of carbonyl (C=O) groups excluding carboxylic acids is 1. The molecular formula is C17H22N4O3. The lowest BCUT2D eigenvalue weighted by molar-refractivity contribution is -0.126. The van der Waals surface area contributed by atoms with E-state index in [2.05, 4.69) is 20.8 Å². The number of para-hydroxylation sites is 1. The maximum atomic E-state index is 12.7. The first-order chi connectivity index (χ1) is 11.7. The normalized spacial score (nSPS) is 18.8. The van der Waals surface area contributed by atoms with Crippen LogP contribution in [0.25, 0.3) is 0 Å². The van der Waals surface area contributed by atoms with E-state index in [0.29, 0.717) is 24.0 Å². The van der Waals surface area contributed by atoms with Crippen molar-refractivity contribution < 1.29 is 14.1 Å². The van der Waals surface area contributed by atoms with Crippen LogP contribution in [-0.2, 0) is 4.79 Å². The summed E-state index contributed by atoms with van der Waals surface area (Å²) in [4.78, 5) is 17.0. The van der Waals surface area contributed by atoms with Gasteiger partial charge in [-0.15, -0.1) is 0 Å². The van der Waals surface area contributed by atoms with Crippen LogP contribution in [0.3, 0.4) is 0 Å². The Kier molecular flexibility index (Phi) is 5.10. The van der Waals surface area contributed by atoms with Gasteiger partial charge in [-0.1, -0.05) is 23.4 Å². The summed E-state index contributed by atoms with van der Waals surface area (Å²) in [5.74, 6) is 1.49. The Morgan fingerprint density at radius 1 is 1.46 bits per heavy atom. The number of nitrogens with one attached hydrogen (secondary N) is 2. The maximum absolute atomic E-state index is 12.7. The van der Waals surface area contributed by atoms with E-state index in [9.17, 15) is 4.79 Å². The van der Waals surface area contributed by atoms with Crippen molar-refractivity contribution in [2.45, 2.75) is 25.8 Å². The number of aryl methyl sites for hydroxylation is 1. The third kappa shape index (κ3) is 3.56. The molecular weight excluding hydrogens is 308 g/mol. The van der Waals surface area contributed by atoms with E-state index in [0.717, 1.165) is 24.9 Å². The standard InChI is InChI=1S/C17H22N4O3/c1-11-19-16(21-24-11)15(13-7-3-4-8-14(13)23-2)20-17(22)12-6-5-9-18-10-12/h3-4,7-8,12,15,18H,5-6,9-10H2,1-2H3,(H,20,22)/t12-,15+/m0/s1. The van der Waals surface area contributed by atoms with Gasteiger partial charge in [0.1, 0.15) is 11.8 Å². The fourth-order valence-electron chi connectivity index (χ4n) is 2.95. The highest BCUT2D eigenvalue weighted by atomic mass is 16.5. The lowest BCUT2D eigenvalue weighted by Gasteiger charge is -2.25. The second-order valence-electron chi connectivity index (χ2n) is 5.90. The molecule has 7 heteroatoms. The highest BCUT2D eigenvalue weighted by Crippen LogP contribution is 2.29. The first-order valence-corrected chi connectivity index (χ1v) is 8.13. The van der Waals surface area contributed by atoms with E-state index >= 15 is 0 Å².